The Morgan fingerprint density at radius 2 is 1.96 bits per heavy atom. The van der Waals surface area contributed by atoms with E-state index in [0.29, 0.717) is 12.4 Å². The molecule has 2 unspecified atom stereocenters. The molecule has 0 aromatic carbocycles. The highest BCUT2D eigenvalue weighted by atomic mass is 32.1. The fraction of sp³-hybridized carbons (Fsp3) is 0.400. The van der Waals surface area contributed by atoms with Gasteiger partial charge in [-0.25, -0.2) is 9.59 Å². The fourth-order valence-electron chi connectivity index (χ4n) is 2.31. The Morgan fingerprint density at radius 1 is 1.29 bits per heavy atom. The number of hydrogen-bond donors (Lipinski definition) is 2. The van der Waals surface area contributed by atoms with Gasteiger partial charge in [-0.05, 0) is 23.6 Å². The number of ether oxygens (including phenoxy) is 2. The first kappa shape index (κ1) is 16.6. The largest absolute Gasteiger partial charge is 0.400 e. The van der Waals surface area contributed by atoms with E-state index in [1.807, 2.05) is 28.5 Å². The molecule has 1 aromatic rings. The number of aliphatic hydroxyl groups is 2. The molecule has 1 fully saturated rings. The van der Waals surface area contributed by atoms with Crippen LogP contribution in [0.4, 0.5) is 0 Å². The maximum absolute atomic E-state index is 11.8. The van der Waals surface area contributed by atoms with Crippen molar-refractivity contribution in [3.63, 3.8) is 0 Å². The molecule has 2 aliphatic heterocycles. The van der Waals surface area contributed by atoms with Crippen molar-refractivity contribution in [3.8, 4) is 0 Å². The molecule has 0 radical (unpaired) electrons. The molecule has 2 aliphatic rings. The van der Waals surface area contributed by atoms with Gasteiger partial charge in [0.15, 0.2) is 12.2 Å². The molecule has 9 heteroatoms. The molecule has 3 heterocycles. The topological polar surface area (TPSA) is 109 Å². The molecule has 0 saturated carbocycles. The van der Waals surface area contributed by atoms with Crippen molar-refractivity contribution in [3.05, 3.63) is 28.5 Å². The quantitative estimate of drug-likeness (QED) is 0.720. The second-order valence-electron chi connectivity index (χ2n) is 5.43. The molecule has 8 nitrogen and oxygen atoms in total. The summed E-state index contributed by atoms with van der Waals surface area (Å²) in [6.07, 6.45) is -0.333. The zero-order chi connectivity index (χ0) is 17.3. The van der Waals surface area contributed by atoms with Gasteiger partial charge in [0.2, 0.25) is 0 Å². The summed E-state index contributed by atoms with van der Waals surface area (Å²) < 4.78 is 10.1. The molecule has 128 valence electrons. The first-order valence-electron chi connectivity index (χ1n) is 7.25. The molecular formula is C15H16N2O6S. The van der Waals surface area contributed by atoms with Crippen molar-refractivity contribution in [2.45, 2.75) is 24.5 Å². The van der Waals surface area contributed by atoms with Crippen molar-refractivity contribution in [1.82, 2.24) is 4.90 Å². The van der Waals surface area contributed by atoms with Crippen molar-refractivity contribution in [2.75, 3.05) is 13.6 Å². The van der Waals surface area contributed by atoms with Gasteiger partial charge in [0.05, 0.1) is 6.42 Å². The van der Waals surface area contributed by atoms with Gasteiger partial charge in [-0.2, -0.15) is 4.99 Å². The van der Waals surface area contributed by atoms with E-state index in [2.05, 4.69) is 4.99 Å². The van der Waals surface area contributed by atoms with Crippen LogP contribution < -0.4 is 0 Å². The second kappa shape index (κ2) is 6.34. The van der Waals surface area contributed by atoms with Crippen molar-refractivity contribution in [2.24, 2.45) is 4.99 Å². The van der Waals surface area contributed by atoms with E-state index in [9.17, 15) is 19.8 Å². The minimum atomic E-state index is -1.99. The summed E-state index contributed by atoms with van der Waals surface area (Å²) in [5.41, 5.74) is 0. The smallest absolute Gasteiger partial charge is 0.363 e. The van der Waals surface area contributed by atoms with Crippen LogP contribution >= 0.6 is 11.3 Å². The minimum absolute atomic E-state index is 0.0940. The molecule has 24 heavy (non-hydrogen) atoms. The lowest BCUT2D eigenvalue weighted by Crippen LogP contribution is -2.47. The van der Waals surface area contributed by atoms with E-state index in [-0.39, 0.29) is 6.42 Å². The average molecular weight is 352 g/mol. The highest BCUT2D eigenvalue weighted by Crippen LogP contribution is 2.29. The van der Waals surface area contributed by atoms with E-state index in [1.165, 1.54) is 0 Å². The predicted octanol–water partition coefficient (Wildman–Crippen LogP) is -0.0291. The minimum Gasteiger partial charge on any atom is -0.400 e. The number of hydrogen-bond acceptors (Lipinski definition) is 9. The van der Waals surface area contributed by atoms with Gasteiger partial charge in [0.1, 0.15) is 5.84 Å². The first-order valence-corrected chi connectivity index (χ1v) is 8.13. The first-order chi connectivity index (χ1) is 11.4. The number of likely N-dealkylation sites (N-methyl/N-ethyl adjacent to an activating group) is 1. The SMILES string of the molecule is CN1CCC2(N=C1/C=C/c1cccs1)OC(=O)C(O)C(O)C(=O)O2. The van der Waals surface area contributed by atoms with Gasteiger partial charge in [0.25, 0.3) is 0 Å². The Kier molecular flexibility index (Phi) is 4.39. The third-order valence-corrected chi connectivity index (χ3v) is 4.52. The van der Waals surface area contributed by atoms with Gasteiger partial charge in [-0.15, -0.1) is 11.3 Å². The third-order valence-electron chi connectivity index (χ3n) is 3.68. The summed E-state index contributed by atoms with van der Waals surface area (Å²) in [5.74, 6) is -3.72. The number of carbonyl (C=O) groups is 2. The van der Waals surface area contributed by atoms with Gasteiger partial charge < -0.3 is 24.6 Å². The summed E-state index contributed by atoms with van der Waals surface area (Å²) in [5, 5.41) is 21.1. The number of thiophene rings is 1. The molecule has 2 atom stereocenters. The van der Waals surface area contributed by atoms with E-state index >= 15 is 0 Å². The molecule has 0 aliphatic carbocycles. The lowest BCUT2D eigenvalue weighted by atomic mass is 10.2. The van der Waals surface area contributed by atoms with Crippen LogP contribution in [0.5, 0.6) is 0 Å². The van der Waals surface area contributed by atoms with E-state index in [1.54, 1.807) is 24.5 Å². The van der Waals surface area contributed by atoms with Crippen molar-refractivity contribution >= 4 is 35.2 Å². The van der Waals surface area contributed by atoms with Crippen LogP contribution in [0.15, 0.2) is 28.6 Å². The van der Waals surface area contributed by atoms with Crippen LogP contribution in [0.2, 0.25) is 0 Å². The summed E-state index contributed by atoms with van der Waals surface area (Å²) in [6.45, 7) is 0.403. The number of nitrogens with zero attached hydrogens (tertiary/aromatic N) is 2. The Balaban J connectivity index is 1.91. The third kappa shape index (κ3) is 3.18. The summed E-state index contributed by atoms with van der Waals surface area (Å²) >= 11 is 1.55. The second-order valence-corrected chi connectivity index (χ2v) is 6.41. The van der Waals surface area contributed by atoms with E-state index in [4.69, 9.17) is 9.47 Å². The van der Waals surface area contributed by atoms with Crippen molar-refractivity contribution < 1.29 is 29.3 Å². The molecule has 1 aromatic heterocycles. The average Bonchev–Trinajstić information content (AvgIpc) is 3.05. The summed E-state index contributed by atoms with van der Waals surface area (Å²) in [4.78, 5) is 30.7. The van der Waals surface area contributed by atoms with Gasteiger partial charge in [-0.1, -0.05) is 6.07 Å². The number of esters is 2. The Hall–Kier alpha value is -2.23. The number of carbonyl (C=O) groups excluding carboxylic acids is 2. The summed E-state index contributed by atoms with van der Waals surface area (Å²) in [7, 11) is 1.80. The number of amidine groups is 1. The normalized spacial score (nSPS) is 31.0. The van der Waals surface area contributed by atoms with Crippen LogP contribution in [-0.2, 0) is 19.1 Å². The number of rotatable bonds is 2. The highest BCUT2D eigenvalue weighted by molar-refractivity contribution is 7.10. The summed E-state index contributed by atoms with van der Waals surface area (Å²) in [6, 6.07) is 3.84. The van der Waals surface area contributed by atoms with Gasteiger partial charge in [-0.3, -0.25) is 0 Å². The maximum atomic E-state index is 11.8. The van der Waals surface area contributed by atoms with Gasteiger partial charge in [0, 0.05) is 18.5 Å². The molecule has 3 rings (SSSR count). The monoisotopic (exact) mass is 352 g/mol. The molecule has 0 amide bonds. The Morgan fingerprint density at radius 3 is 2.54 bits per heavy atom. The van der Waals surface area contributed by atoms with Crippen LogP contribution in [0.3, 0.4) is 0 Å². The predicted molar refractivity (Wildman–Crippen MR) is 85.0 cm³/mol. The maximum Gasteiger partial charge on any atom is 0.363 e. The van der Waals surface area contributed by atoms with Crippen LogP contribution in [0.25, 0.3) is 6.08 Å². The lowest BCUT2D eigenvalue weighted by molar-refractivity contribution is -0.226. The molecular weight excluding hydrogens is 336 g/mol. The van der Waals surface area contributed by atoms with E-state index in [0.717, 1.165) is 4.88 Å². The van der Waals surface area contributed by atoms with E-state index < -0.39 is 30.1 Å². The Labute approximate surface area is 141 Å². The Bertz CT molecular complexity index is 677. The van der Waals surface area contributed by atoms with Gasteiger partial charge >= 0.3 is 17.8 Å². The molecule has 2 N–H and O–H groups in total. The molecule has 1 saturated heterocycles. The fourth-order valence-corrected chi connectivity index (χ4v) is 2.93. The molecule has 0 bridgehead atoms. The number of aliphatic hydroxyl groups excluding tert-OH is 2. The van der Waals surface area contributed by atoms with Crippen LogP contribution in [0, 0.1) is 0 Å². The van der Waals surface area contributed by atoms with Crippen LogP contribution in [-0.4, -0.2) is 64.6 Å². The standard InChI is InChI=1S/C15H16N2O6S/c1-17-7-6-15(16-10(17)5-4-9-3-2-8-24-9)22-13(20)11(18)12(19)14(21)23-15/h2-5,8,11-12,18-19H,6-7H2,1H3/b5-4+. The van der Waals surface area contributed by atoms with Crippen molar-refractivity contribution in [1.29, 1.82) is 0 Å². The van der Waals surface area contributed by atoms with Crippen LogP contribution in [0.1, 0.15) is 11.3 Å². The zero-order valence-electron chi connectivity index (χ0n) is 12.8. The molecule has 1 spiro atoms. The lowest BCUT2D eigenvalue weighted by Gasteiger charge is -2.34. The highest BCUT2D eigenvalue weighted by Gasteiger charge is 2.50. The number of aliphatic imine (C=N–C) groups is 1. The zero-order valence-corrected chi connectivity index (χ0v) is 13.6.